The Morgan fingerprint density at radius 3 is 2.22 bits per heavy atom. The topological polar surface area (TPSA) is 64.0 Å². The molecule has 0 saturated heterocycles. The monoisotopic (exact) mass is 423 g/mol. The van der Waals surface area contributed by atoms with Crippen LogP contribution in [0.3, 0.4) is 0 Å². The van der Waals surface area contributed by atoms with Crippen LogP contribution in [0.1, 0.15) is 45.9 Å². The van der Waals surface area contributed by atoms with Gasteiger partial charge in [0.05, 0.1) is 18.3 Å². The highest BCUT2D eigenvalue weighted by molar-refractivity contribution is 6.09. The van der Waals surface area contributed by atoms with E-state index >= 15 is 0 Å². The van der Waals surface area contributed by atoms with Gasteiger partial charge >= 0.3 is 0 Å². The lowest BCUT2D eigenvalue weighted by molar-refractivity contribution is -0.123. The van der Waals surface area contributed by atoms with Crippen LogP contribution in [0.5, 0.6) is 0 Å². The van der Waals surface area contributed by atoms with E-state index in [9.17, 15) is 9.59 Å². The number of aromatic nitrogens is 2. The summed E-state index contributed by atoms with van der Waals surface area (Å²) in [7, 11) is 0. The average molecular weight is 424 g/mol. The van der Waals surface area contributed by atoms with E-state index in [-0.39, 0.29) is 17.7 Å². The molecule has 1 amide bonds. The Morgan fingerprint density at radius 2 is 1.53 bits per heavy atom. The number of carbonyl (C=O) groups is 2. The number of nitrogens with one attached hydrogen (secondary N) is 1. The Balaban J connectivity index is 1.52. The zero-order valence-electron chi connectivity index (χ0n) is 17.9. The minimum Gasteiger partial charge on any atom is -0.347 e. The van der Waals surface area contributed by atoms with Crippen LogP contribution in [-0.4, -0.2) is 21.2 Å². The lowest BCUT2D eigenvalue weighted by Gasteiger charge is -2.22. The summed E-state index contributed by atoms with van der Waals surface area (Å²) in [4.78, 5) is 30.1. The Bertz CT molecular complexity index is 1170. The number of rotatable bonds is 8. The summed E-state index contributed by atoms with van der Waals surface area (Å²) in [5.41, 5.74) is 3.03. The van der Waals surface area contributed by atoms with Gasteiger partial charge in [-0.15, -0.1) is 0 Å². The molecule has 0 aliphatic carbocycles. The van der Waals surface area contributed by atoms with Crippen LogP contribution in [0.15, 0.2) is 104 Å². The Hall–Kier alpha value is -3.99. The van der Waals surface area contributed by atoms with Crippen molar-refractivity contribution in [3.63, 3.8) is 0 Å². The molecule has 4 aromatic rings. The van der Waals surface area contributed by atoms with E-state index in [2.05, 4.69) is 10.3 Å². The van der Waals surface area contributed by atoms with Crippen LogP contribution in [0, 0.1) is 0 Å². The fourth-order valence-corrected chi connectivity index (χ4v) is 3.68. The van der Waals surface area contributed by atoms with E-state index in [1.54, 1.807) is 30.7 Å². The van der Waals surface area contributed by atoms with Crippen molar-refractivity contribution in [3.05, 3.63) is 126 Å². The number of hydrogen-bond donors (Lipinski definition) is 1. The molecule has 5 nitrogen and oxygen atoms in total. The van der Waals surface area contributed by atoms with Gasteiger partial charge in [-0.3, -0.25) is 9.59 Å². The number of nitrogens with zero attached hydrogens (tertiary/aromatic N) is 2. The molecule has 1 aromatic heterocycles. The SMILES string of the molecule is C[C@H](C(=O)N[C@H](Cn1ccnc1)c1ccccc1)c1cccc(C(=O)c2ccccc2)c1. The predicted molar refractivity (Wildman–Crippen MR) is 124 cm³/mol. The van der Waals surface area contributed by atoms with Gasteiger partial charge in [-0.25, -0.2) is 4.98 Å². The molecule has 5 heteroatoms. The number of benzene rings is 3. The molecule has 0 spiro atoms. The van der Waals surface area contributed by atoms with E-state index in [1.165, 1.54) is 0 Å². The number of amides is 1. The Morgan fingerprint density at radius 1 is 0.875 bits per heavy atom. The lowest BCUT2D eigenvalue weighted by Crippen LogP contribution is -2.34. The maximum absolute atomic E-state index is 13.2. The van der Waals surface area contributed by atoms with Crippen LogP contribution in [0.2, 0.25) is 0 Å². The molecule has 2 atom stereocenters. The molecule has 4 rings (SSSR count). The summed E-state index contributed by atoms with van der Waals surface area (Å²) in [6, 6.07) is 26.2. The van der Waals surface area contributed by atoms with Gasteiger partial charge in [-0.1, -0.05) is 78.9 Å². The molecule has 0 aliphatic rings. The molecule has 160 valence electrons. The third-order valence-corrected chi connectivity index (χ3v) is 5.55. The van der Waals surface area contributed by atoms with E-state index in [1.807, 2.05) is 84.4 Å². The molecular weight excluding hydrogens is 398 g/mol. The van der Waals surface area contributed by atoms with Crippen molar-refractivity contribution in [2.75, 3.05) is 0 Å². The molecule has 32 heavy (non-hydrogen) atoms. The summed E-state index contributed by atoms with van der Waals surface area (Å²) in [6.45, 7) is 2.44. The van der Waals surface area contributed by atoms with Crippen LogP contribution in [0.25, 0.3) is 0 Å². The van der Waals surface area contributed by atoms with Crippen molar-refractivity contribution in [1.82, 2.24) is 14.9 Å². The van der Waals surface area contributed by atoms with Gasteiger partial charge in [0.25, 0.3) is 0 Å². The first-order valence-electron chi connectivity index (χ1n) is 10.6. The summed E-state index contributed by atoms with van der Waals surface area (Å²) in [5, 5.41) is 3.18. The summed E-state index contributed by atoms with van der Waals surface area (Å²) in [5.74, 6) is -0.557. The highest BCUT2D eigenvalue weighted by Gasteiger charge is 2.21. The maximum atomic E-state index is 13.2. The molecule has 0 fully saturated rings. The standard InChI is InChI=1S/C27H25N3O2/c1-20(23-13-8-14-24(17-23)26(31)22-11-6-3-7-12-22)27(32)29-25(18-30-16-15-28-19-30)21-9-4-2-5-10-21/h2-17,19-20,25H,18H2,1H3,(H,29,32)/t20-,25+/m0/s1. The zero-order chi connectivity index (χ0) is 22.3. The Labute approximate surface area is 187 Å². The first-order chi connectivity index (χ1) is 15.6. The molecule has 0 saturated carbocycles. The van der Waals surface area contributed by atoms with E-state index in [4.69, 9.17) is 0 Å². The third kappa shape index (κ3) is 5.01. The van der Waals surface area contributed by atoms with Gasteiger partial charge in [0.2, 0.25) is 5.91 Å². The number of hydrogen-bond acceptors (Lipinski definition) is 3. The Kier molecular flexibility index (Phi) is 6.56. The largest absolute Gasteiger partial charge is 0.347 e. The van der Waals surface area contributed by atoms with Crippen molar-refractivity contribution in [2.24, 2.45) is 0 Å². The van der Waals surface area contributed by atoms with Crippen LogP contribution < -0.4 is 5.32 Å². The molecule has 0 unspecified atom stereocenters. The fourth-order valence-electron chi connectivity index (χ4n) is 3.68. The van der Waals surface area contributed by atoms with Crippen LogP contribution in [-0.2, 0) is 11.3 Å². The number of ketones is 1. The molecule has 1 N–H and O–H groups in total. The normalized spacial score (nSPS) is 12.7. The van der Waals surface area contributed by atoms with E-state index in [0.29, 0.717) is 17.7 Å². The number of imidazole rings is 1. The second kappa shape index (κ2) is 9.88. The molecule has 1 heterocycles. The highest BCUT2D eigenvalue weighted by Crippen LogP contribution is 2.22. The minimum absolute atomic E-state index is 0.0534. The first kappa shape index (κ1) is 21.2. The summed E-state index contributed by atoms with van der Waals surface area (Å²) < 4.78 is 1.95. The third-order valence-electron chi connectivity index (χ3n) is 5.55. The van der Waals surface area contributed by atoms with Gasteiger partial charge in [-0.05, 0) is 24.1 Å². The highest BCUT2D eigenvalue weighted by atomic mass is 16.2. The lowest BCUT2D eigenvalue weighted by atomic mass is 9.94. The van der Waals surface area contributed by atoms with Crippen molar-refractivity contribution >= 4 is 11.7 Å². The van der Waals surface area contributed by atoms with Crippen molar-refractivity contribution in [2.45, 2.75) is 25.4 Å². The number of carbonyl (C=O) groups excluding carboxylic acids is 2. The van der Waals surface area contributed by atoms with Gasteiger partial charge in [0.15, 0.2) is 5.78 Å². The predicted octanol–water partition coefficient (Wildman–Crippen LogP) is 4.78. The maximum Gasteiger partial charge on any atom is 0.227 e. The van der Waals surface area contributed by atoms with E-state index < -0.39 is 5.92 Å². The fraction of sp³-hybridized carbons (Fsp3) is 0.148. The second-order valence-electron chi connectivity index (χ2n) is 7.77. The van der Waals surface area contributed by atoms with E-state index in [0.717, 1.165) is 11.1 Å². The quantitative estimate of drug-likeness (QED) is 0.415. The van der Waals surface area contributed by atoms with Gasteiger partial charge < -0.3 is 9.88 Å². The van der Waals surface area contributed by atoms with Crippen LogP contribution in [0.4, 0.5) is 0 Å². The van der Waals surface area contributed by atoms with Gasteiger partial charge in [-0.2, -0.15) is 0 Å². The van der Waals surface area contributed by atoms with Crippen molar-refractivity contribution in [3.8, 4) is 0 Å². The molecule has 0 radical (unpaired) electrons. The van der Waals surface area contributed by atoms with Gasteiger partial charge in [0.1, 0.15) is 0 Å². The van der Waals surface area contributed by atoms with Crippen molar-refractivity contribution in [1.29, 1.82) is 0 Å². The zero-order valence-corrected chi connectivity index (χ0v) is 17.9. The van der Waals surface area contributed by atoms with Gasteiger partial charge in [0, 0.05) is 30.1 Å². The molecule has 0 bridgehead atoms. The van der Waals surface area contributed by atoms with Crippen molar-refractivity contribution < 1.29 is 9.59 Å². The second-order valence-corrected chi connectivity index (χ2v) is 7.77. The average Bonchev–Trinajstić information content (AvgIpc) is 3.37. The first-order valence-corrected chi connectivity index (χ1v) is 10.6. The molecule has 0 aliphatic heterocycles. The van der Waals surface area contributed by atoms with Crippen LogP contribution >= 0.6 is 0 Å². The molecular formula is C27H25N3O2. The smallest absolute Gasteiger partial charge is 0.227 e. The summed E-state index contributed by atoms with van der Waals surface area (Å²) >= 11 is 0. The molecule has 3 aromatic carbocycles. The summed E-state index contributed by atoms with van der Waals surface area (Å²) in [6.07, 6.45) is 5.34. The minimum atomic E-state index is -0.410.